The van der Waals surface area contributed by atoms with Crippen molar-refractivity contribution in [3.63, 3.8) is 0 Å². The summed E-state index contributed by atoms with van der Waals surface area (Å²) in [5.41, 5.74) is 1.93. The van der Waals surface area contributed by atoms with Crippen LogP contribution in [-0.2, 0) is 9.53 Å². The van der Waals surface area contributed by atoms with E-state index in [0.717, 1.165) is 11.1 Å². The number of carbonyl (C=O) groups is 1. The molecule has 0 radical (unpaired) electrons. The quantitative estimate of drug-likeness (QED) is 0.382. The van der Waals surface area contributed by atoms with E-state index in [2.05, 4.69) is 13.2 Å². The lowest BCUT2D eigenvalue weighted by molar-refractivity contribution is -0.144. The van der Waals surface area contributed by atoms with Gasteiger partial charge in [-0.1, -0.05) is 30.9 Å². The third-order valence-corrected chi connectivity index (χ3v) is 1.83. The monoisotopic (exact) mass is 194 g/mol. The van der Waals surface area contributed by atoms with Crippen LogP contribution in [-0.4, -0.2) is 12.1 Å². The maximum absolute atomic E-state index is 10.8. The van der Waals surface area contributed by atoms with Gasteiger partial charge >= 0.3 is 5.97 Å². The van der Waals surface area contributed by atoms with Crippen molar-refractivity contribution in [2.24, 2.45) is 0 Å². The Balaban J connectivity index is 4.31. The Kier molecular flexibility index (Phi) is 5.61. The average Bonchev–Trinajstić information content (AvgIpc) is 2.10. The molecule has 0 amide bonds. The van der Waals surface area contributed by atoms with Crippen molar-refractivity contribution < 1.29 is 9.53 Å². The Morgan fingerprint density at radius 2 is 2.00 bits per heavy atom. The molecule has 0 bridgehead atoms. The van der Waals surface area contributed by atoms with Gasteiger partial charge in [-0.3, -0.25) is 4.79 Å². The average molecular weight is 194 g/mol. The maximum Gasteiger partial charge on any atom is 0.303 e. The lowest BCUT2D eigenvalue weighted by Crippen LogP contribution is -2.16. The van der Waals surface area contributed by atoms with Crippen LogP contribution < -0.4 is 0 Å². The van der Waals surface area contributed by atoms with E-state index < -0.39 is 0 Å². The first-order valence-electron chi connectivity index (χ1n) is 4.59. The van der Waals surface area contributed by atoms with E-state index in [1.807, 2.05) is 19.9 Å². The number of allylic oxidation sites excluding steroid dienone is 2. The van der Waals surface area contributed by atoms with Crippen LogP contribution in [0, 0.1) is 0 Å². The Morgan fingerprint density at radius 3 is 2.36 bits per heavy atom. The highest BCUT2D eigenvalue weighted by Crippen LogP contribution is 2.11. The van der Waals surface area contributed by atoms with Crippen LogP contribution in [0.2, 0.25) is 0 Å². The van der Waals surface area contributed by atoms with Gasteiger partial charge in [0, 0.05) is 13.3 Å². The van der Waals surface area contributed by atoms with Crippen molar-refractivity contribution >= 4 is 5.97 Å². The summed E-state index contributed by atoms with van der Waals surface area (Å²) in [6, 6.07) is 0. The highest BCUT2D eigenvalue weighted by atomic mass is 16.5. The Hall–Kier alpha value is -1.31. The molecule has 1 atom stereocenters. The molecule has 0 saturated heterocycles. The second-order valence-corrected chi connectivity index (χ2v) is 3.33. The van der Waals surface area contributed by atoms with Gasteiger partial charge in [0.2, 0.25) is 0 Å². The van der Waals surface area contributed by atoms with E-state index in [4.69, 9.17) is 4.74 Å². The molecule has 2 heteroatoms. The summed E-state index contributed by atoms with van der Waals surface area (Å²) >= 11 is 0. The van der Waals surface area contributed by atoms with E-state index >= 15 is 0 Å². The molecule has 0 aromatic carbocycles. The summed E-state index contributed by atoms with van der Waals surface area (Å²) in [4.78, 5) is 10.8. The van der Waals surface area contributed by atoms with Crippen LogP contribution in [0.5, 0.6) is 0 Å². The van der Waals surface area contributed by atoms with Gasteiger partial charge in [-0.2, -0.15) is 0 Å². The Labute approximate surface area is 86.0 Å². The number of rotatable bonds is 5. The fourth-order valence-electron chi connectivity index (χ4n) is 0.926. The summed E-state index contributed by atoms with van der Waals surface area (Å²) < 4.78 is 5.09. The van der Waals surface area contributed by atoms with Crippen LogP contribution >= 0.6 is 0 Å². The first-order chi connectivity index (χ1) is 6.47. The third kappa shape index (κ3) is 5.36. The molecule has 0 aliphatic carbocycles. The van der Waals surface area contributed by atoms with Crippen LogP contribution in [0.1, 0.15) is 27.2 Å². The van der Waals surface area contributed by atoms with Crippen molar-refractivity contribution in [2.45, 2.75) is 33.3 Å². The second kappa shape index (κ2) is 6.19. The molecule has 0 aliphatic heterocycles. The largest absolute Gasteiger partial charge is 0.458 e. The molecule has 0 aliphatic rings. The molecule has 0 unspecified atom stereocenters. The standard InChI is InChI=1S/C12H18O2/c1-6-10(4)7-8-12(9(2)3)14-11(5)13/h6-7,12H,1-2,8H2,3-5H3/b10-7+/t12-/m0/s1. The number of esters is 1. The zero-order chi connectivity index (χ0) is 11.1. The molecular weight excluding hydrogens is 176 g/mol. The topological polar surface area (TPSA) is 26.3 Å². The number of hydrogen-bond acceptors (Lipinski definition) is 2. The minimum atomic E-state index is -0.275. The van der Waals surface area contributed by atoms with E-state index in [0.29, 0.717) is 6.42 Å². The number of hydrogen-bond donors (Lipinski definition) is 0. The lowest BCUT2D eigenvalue weighted by Gasteiger charge is -2.15. The second-order valence-electron chi connectivity index (χ2n) is 3.33. The van der Waals surface area contributed by atoms with Crippen LogP contribution in [0.3, 0.4) is 0 Å². The third-order valence-electron chi connectivity index (χ3n) is 1.83. The van der Waals surface area contributed by atoms with Crippen molar-refractivity contribution in [3.05, 3.63) is 36.5 Å². The van der Waals surface area contributed by atoms with Crippen molar-refractivity contribution in [1.29, 1.82) is 0 Å². The van der Waals surface area contributed by atoms with Crippen LogP contribution in [0.4, 0.5) is 0 Å². The SMILES string of the molecule is C=C/C(C)=C/C[C@H](OC(C)=O)C(=C)C. The van der Waals surface area contributed by atoms with Gasteiger partial charge in [-0.25, -0.2) is 0 Å². The predicted molar refractivity (Wildman–Crippen MR) is 58.9 cm³/mol. The van der Waals surface area contributed by atoms with Gasteiger partial charge in [-0.05, 0) is 19.4 Å². The smallest absolute Gasteiger partial charge is 0.303 e. The first-order valence-corrected chi connectivity index (χ1v) is 4.59. The van der Waals surface area contributed by atoms with Crippen LogP contribution in [0.25, 0.3) is 0 Å². The molecular formula is C12H18O2. The zero-order valence-electron chi connectivity index (χ0n) is 9.17. The fraction of sp³-hybridized carbons (Fsp3) is 0.417. The van der Waals surface area contributed by atoms with Gasteiger partial charge < -0.3 is 4.74 Å². The van der Waals surface area contributed by atoms with E-state index in [1.54, 1.807) is 6.08 Å². The fourth-order valence-corrected chi connectivity index (χ4v) is 0.926. The van der Waals surface area contributed by atoms with Crippen molar-refractivity contribution in [2.75, 3.05) is 0 Å². The number of carbonyl (C=O) groups excluding carboxylic acids is 1. The van der Waals surface area contributed by atoms with E-state index in [1.165, 1.54) is 6.92 Å². The molecule has 0 spiro atoms. The summed E-state index contributed by atoms with van der Waals surface area (Å²) in [5.74, 6) is -0.275. The molecule has 0 heterocycles. The molecule has 0 aromatic heterocycles. The molecule has 0 rings (SSSR count). The minimum Gasteiger partial charge on any atom is -0.458 e. The maximum atomic E-state index is 10.8. The molecule has 0 N–H and O–H groups in total. The Morgan fingerprint density at radius 1 is 1.43 bits per heavy atom. The van der Waals surface area contributed by atoms with Crippen molar-refractivity contribution in [3.8, 4) is 0 Å². The molecule has 2 nitrogen and oxygen atoms in total. The highest BCUT2D eigenvalue weighted by molar-refractivity contribution is 5.66. The van der Waals surface area contributed by atoms with Gasteiger partial charge in [-0.15, -0.1) is 0 Å². The van der Waals surface area contributed by atoms with E-state index in [9.17, 15) is 4.79 Å². The molecule has 0 saturated carbocycles. The van der Waals surface area contributed by atoms with Crippen LogP contribution in [0.15, 0.2) is 36.5 Å². The summed E-state index contributed by atoms with van der Waals surface area (Å²) in [6.07, 6.45) is 4.19. The Bertz CT molecular complexity index is 261. The summed E-state index contributed by atoms with van der Waals surface area (Å²) in [5, 5.41) is 0. The first kappa shape index (κ1) is 12.7. The van der Waals surface area contributed by atoms with Gasteiger partial charge in [0.15, 0.2) is 0 Å². The van der Waals surface area contributed by atoms with Gasteiger partial charge in [0.1, 0.15) is 6.10 Å². The zero-order valence-corrected chi connectivity index (χ0v) is 9.17. The normalized spacial score (nSPS) is 13.2. The molecule has 14 heavy (non-hydrogen) atoms. The lowest BCUT2D eigenvalue weighted by atomic mass is 10.1. The molecule has 0 fully saturated rings. The minimum absolute atomic E-state index is 0.220. The van der Waals surface area contributed by atoms with E-state index in [-0.39, 0.29) is 12.1 Å². The predicted octanol–water partition coefficient (Wildman–Crippen LogP) is 3.02. The number of ether oxygens (including phenoxy) is 1. The molecule has 0 aromatic rings. The van der Waals surface area contributed by atoms with Crippen molar-refractivity contribution in [1.82, 2.24) is 0 Å². The summed E-state index contributed by atoms with van der Waals surface area (Å²) in [6.45, 7) is 12.6. The highest BCUT2D eigenvalue weighted by Gasteiger charge is 2.10. The summed E-state index contributed by atoms with van der Waals surface area (Å²) in [7, 11) is 0. The van der Waals surface area contributed by atoms with Gasteiger partial charge in [0.25, 0.3) is 0 Å². The van der Waals surface area contributed by atoms with Gasteiger partial charge in [0.05, 0.1) is 0 Å². The molecule has 78 valence electrons.